The maximum absolute atomic E-state index is 5.50. The number of nitrogens with one attached hydrogen (secondary N) is 1. The van der Waals surface area contributed by atoms with Gasteiger partial charge < -0.3 is 5.32 Å². The summed E-state index contributed by atoms with van der Waals surface area (Å²) in [6.45, 7) is 0.942. The molecule has 0 heterocycles. The highest BCUT2D eigenvalue weighted by atomic mass is 35.5. The summed E-state index contributed by atoms with van der Waals surface area (Å²) in [5.41, 5.74) is 1.61. The van der Waals surface area contributed by atoms with Crippen molar-refractivity contribution in [1.82, 2.24) is 5.32 Å². The van der Waals surface area contributed by atoms with Crippen molar-refractivity contribution in [3.05, 3.63) is 11.6 Å². The quantitative estimate of drug-likeness (QED) is 0.759. The van der Waals surface area contributed by atoms with E-state index >= 15 is 0 Å². The maximum atomic E-state index is 5.50. The Morgan fingerprint density at radius 3 is 2.86 bits per heavy atom. The predicted molar refractivity (Wildman–Crippen MR) is 61.5 cm³/mol. The van der Waals surface area contributed by atoms with Crippen molar-refractivity contribution in [3.63, 3.8) is 0 Å². The lowest BCUT2D eigenvalue weighted by molar-refractivity contribution is 0.244. The van der Waals surface area contributed by atoms with Crippen LogP contribution in [0, 0.1) is 11.8 Å². The lowest BCUT2D eigenvalue weighted by atomic mass is 9.80. The molecule has 0 aliphatic heterocycles. The van der Waals surface area contributed by atoms with E-state index in [1.807, 2.05) is 6.08 Å². The average molecular weight is 214 g/mol. The number of rotatable bonds is 3. The molecule has 3 unspecified atom stereocenters. The molecule has 80 valence electrons. The summed E-state index contributed by atoms with van der Waals surface area (Å²) in [5.74, 6) is 1.99. The van der Waals surface area contributed by atoms with Gasteiger partial charge in [0, 0.05) is 18.1 Å². The van der Waals surface area contributed by atoms with Crippen LogP contribution in [0.4, 0.5) is 0 Å². The normalized spacial score (nSPS) is 37.6. The zero-order valence-corrected chi connectivity index (χ0v) is 9.47. The van der Waals surface area contributed by atoms with Crippen LogP contribution in [-0.2, 0) is 0 Å². The molecule has 2 aliphatic rings. The first kappa shape index (κ1) is 10.5. The summed E-state index contributed by atoms with van der Waals surface area (Å²) in [6, 6.07) is 0.771. The van der Waals surface area contributed by atoms with Crippen molar-refractivity contribution in [2.75, 3.05) is 6.54 Å². The predicted octanol–water partition coefficient (Wildman–Crippen LogP) is 3.30. The molecule has 2 heteroatoms. The minimum Gasteiger partial charge on any atom is -0.310 e. The van der Waals surface area contributed by atoms with E-state index in [0.717, 1.165) is 24.4 Å². The number of hydrogen-bond donors (Lipinski definition) is 1. The first-order valence-electron chi connectivity index (χ1n) is 5.90. The number of halogens is 1. The standard InChI is InChI=1S/C12H20ClN/c13-8-3-9-14-12-7-6-10-4-1-2-5-11(10)12/h3,8,10-12,14H,1-2,4-7,9H2/b8-3-. The third kappa shape index (κ3) is 2.32. The minimum atomic E-state index is 0.771. The van der Waals surface area contributed by atoms with Crippen LogP contribution in [0.1, 0.15) is 38.5 Å². The highest BCUT2D eigenvalue weighted by molar-refractivity contribution is 6.25. The molecule has 0 aromatic rings. The van der Waals surface area contributed by atoms with Crippen molar-refractivity contribution < 1.29 is 0 Å². The van der Waals surface area contributed by atoms with E-state index < -0.39 is 0 Å². The van der Waals surface area contributed by atoms with Crippen LogP contribution in [0.3, 0.4) is 0 Å². The summed E-state index contributed by atoms with van der Waals surface area (Å²) in [7, 11) is 0. The van der Waals surface area contributed by atoms with E-state index in [0.29, 0.717) is 0 Å². The highest BCUT2D eigenvalue weighted by Crippen LogP contribution is 2.42. The molecular weight excluding hydrogens is 194 g/mol. The van der Waals surface area contributed by atoms with E-state index in [9.17, 15) is 0 Å². The molecule has 0 bridgehead atoms. The van der Waals surface area contributed by atoms with Gasteiger partial charge in [-0.3, -0.25) is 0 Å². The van der Waals surface area contributed by atoms with Crippen molar-refractivity contribution in [3.8, 4) is 0 Å². The maximum Gasteiger partial charge on any atom is 0.0149 e. The van der Waals surface area contributed by atoms with Crippen LogP contribution in [0.15, 0.2) is 11.6 Å². The van der Waals surface area contributed by atoms with Gasteiger partial charge in [-0.05, 0) is 31.1 Å². The zero-order valence-electron chi connectivity index (χ0n) is 8.71. The molecule has 3 atom stereocenters. The molecule has 0 amide bonds. The Morgan fingerprint density at radius 2 is 2.00 bits per heavy atom. The summed E-state index contributed by atoms with van der Waals surface area (Å²) in [4.78, 5) is 0. The molecule has 0 saturated heterocycles. The fourth-order valence-electron chi connectivity index (χ4n) is 3.25. The molecule has 2 fully saturated rings. The van der Waals surface area contributed by atoms with E-state index in [1.165, 1.54) is 38.5 Å². The van der Waals surface area contributed by atoms with Crippen LogP contribution in [0.2, 0.25) is 0 Å². The van der Waals surface area contributed by atoms with Gasteiger partial charge in [0.25, 0.3) is 0 Å². The Balaban J connectivity index is 1.81. The molecule has 14 heavy (non-hydrogen) atoms. The van der Waals surface area contributed by atoms with Gasteiger partial charge in [-0.2, -0.15) is 0 Å². The SMILES string of the molecule is Cl/C=C\CNC1CCC2CCCCC21. The lowest BCUT2D eigenvalue weighted by Crippen LogP contribution is -2.35. The summed E-state index contributed by atoms with van der Waals surface area (Å²) in [6.07, 6.45) is 10.7. The molecule has 2 rings (SSSR count). The number of fused-ring (bicyclic) bond motifs is 1. The van der Waals surface area contributed by atoms with E-state index in [-0.39, 0.29) is 0 Å². The van der Waals surface area contributed by atoms with Gasteiger partial charge in [-0.25, -0.2) is 0 Å². The molecule has 2 saturated carbocycles. The van der Waals surface area contributed by atoms with Crippen molar-refractivity contribution in [1.29, 1.82) is 0 Å². The smallest absolute Gasteiger partial charge is 0.0149 e. The van der Waals surface area contributed by atoms with E-state index in [1.54, 1.807) is 5.54 Å². The van der Waals surface area contributed by atoms with Gasteiger partial charge in [0.1, 0.15) is 0 Å². The summed E-state index contributed by atoms with van der Waals surface area (Å²) in [5, 5.41) is 3.61. The molecule has 1 N–H and O–H groups in total. The van der Waals surface area contributed by atoms with Crippen LogP contribution in [0.25, 0.3) is 0 Å². The van der Waals surface area contributed by atoms with E-state index in [4.69, 9.17) is 11.6 Å². The second-order valence-electron chi connectivity index (χ2n) is 4.66. The Kier molecular flexibility index (Phi) is 3.89. The third-order valence-electron chi connectivity index (χ3n) is 3.92. The van der Waals surface area contributed by atoms with Crippen molar-refractivity contribution in [2.45, 2.75) is 44.6 Å². The van der Waals surface area contributed by atoms with Gasteiger partial charge in [0.2, 0.25) is 0 Å². The van der Waals surface area contributed by atoms with Crippen LogP contribution in [-0.4, -0.2) is 12.6 Å². The Labute approximate surface area is 91.9 Å². The summed E-state index contributed by atoms with van der Waals surface area (Å²) < 4.78 is 0. The monoisotopic (exact) mass is 213 g/mol. The van der Waals surface area contributed by atoms with Gasteiger partial charge in [0.05, 0.1) is 0 Å². The fourth-order valence-corrected chi connectivity index (χ4v) is 3.34. The molecule has 1 nitrogen and oxygen atoms in total. The second-order valence-corrected chi connectivity index (χ2v) is 4.91. The van der Waals surface area contributed by atoms with Gasteiger partial charge in [-0.1, -0.05) is 36.9 Å². The average Bonchev–Trinajstić information content (AvgIpc) is 2.63. The summed E-state index contributed by atoms with van der Waals surface area (Å²) >= 11 is 5.50. The zero-order chi connectivity index (χ0) is 9.80. The van der Waals surface area contributed by atoms with Crippen LogP contribution >= 0.6 is 11.6 Å². The highest BCUT2D eigenvalue weighted by Gasteiger charge is 2.36. The second kappa shape index (κ2) is 5.18. The van der Waals surface area contributed by atoms with Gasteiger partial charge in [0.15, 0.2) is 0 Å². The minimum absolute atomic E-state index is 0.771. The Bertz CT molecular complexity index is 202. The topological polar surface area (TPSA) is 12.0 Å². The first-order valence-corrected chi connectivity index (χ1v) is 6.34. The van der Waals surface area contributed by atoms with E-state index in [2.05, 4.69) is 5.32 Å². The molecule has 0 radical (unpaired) electrons. The van der Waals surface area contributed by atoms with Gasteiger partial charge >= 0.3 is 0 Å². The molecule has 0 aromatic heterocycles. The molecule has 0 aromatic carbocycles. The van der Waals surface area contributed by atoms with Crippen LogP contribution < -0.4 is 5.32 Å². The first-order chi connectivity index (χ1) is 6.92. The fraction of sp³-hybridized carbons (Fsp3) is 0.833. The molecule has 0 spiro atoms. The largest absolute Gasteiger partial charge is 0.310 e. The van der Waals surface area contributed by atoms with Crippen LogP contribution in [0.5, 0.6) is 0 Å². The third-order valence-corrected chi connectivity index (χ3v) is 4.10. The Morgan fingerprint density at radius 1 is 1.14 bits per heavy atom. The molecule has 2 aliphatic carbocycles. The van der Waals surface area contributed by atoms with Gasteiger partial charge in [-0.15, -0.1) is 0 Å². The van der Waals surface area contributed by atoms with Crippen molar-refractivity contribution in [2.24, 2.45) is 11.8 Å². The number of hydrogen-bond acceptors (Lipinski definition) is 1. The lowest BCUT2D eigenvalue weighted by Gasteiger charge is -2.29. The van der Waals surface area contributed by atoms with Crippen molar-refractivity contribution >= 4 is 11.6 Å². The molecular formula is C12H20ClN. The Hall–Kier alpha value is -0.0100.